The second-order valence-electron chi connectivity index (χ2n) is 10.3. The fourth-order valence-electron chi connectivity index (χ4n) is 5.11. The molecule has 7 aliphatic heterocycles. The summed E-state index contributed by atoms with van der Waals surface area (Å²) in [6, 6.07) is 0. The van der Waals surface area contributed by atoms with Gasteiger partial charge in [0.1, 0.15) is 0 Å². The van der Waals surface area contributed by atoms with Crippen LogP contribution >= 0.6 is 0 Å². The summed E-state index contributed by atoms with van der Waals surface area (Å²) < 4.78 is 91.0. The molecule has 0 aromatic rings. The molecule has 7 heterocycles. The SMILES string of the molecule is C[Si]12O[Si]3(C)O[Si]4(C)O[Si](C)(O1)O[Si]1(C)O[Si](C)(O2)O[Si](C)(O3)O[Si](O[Si](C)(C)C2CO2)(O4)O1. The monoisotopic (exact) mass is 638 g/mol. The van der Waals surface area contributed by atoms with Crippen molar-refractivity contribution in [1.82, 2.24) is 0 Å². The Morgan fingerprint density at radius 3 is 0.971 bits per heavy atom. The molecule has 34 heavy (non-hydrogen) atoms. The van der Waals surface area contributed by atoms with Crippen LogP contribution in [0.25, 0.3) is 0 Å². The second kappa shape index (κ2) is 7.12. The van der Waals surface area contributed by atoms with E-state index in [9.17, 15) is 0 Å². The molecule has 14 nitrogen and oxygen atoms in total. The minimum absolute atomic E-state index is 0.0262. The third kappa shape index (κ3) is 4.48. The van der Waals surface area contributed by atoms with Gasteiger partial charge in [-0.25, -0.2) is 0 Å². The third-order valence-corrected chi connectivity index (χ3v) is 44.9. The number of ether oxygens (including phenoxy) is 1. The summed E-state index contributed by atoms with van der Waals surface area (Å²) in [4.78, 5) is 0. The molecule has 1 atom stereocenters. The number of hydrogen-bond acceptors (Lipinski definition) is 14. The molecule has 7 fully saturated rings. The topological polar surface area (TPSA) is 133 Å². The molecule has 0 aliphatic carbocycles. The number of hydrogen-bond donors (Lipinski definition) is 0. The molecule has 0 amide bonds. The van der Waals surface area contributed by atoms with Crippen molar-refractivity contribution in [3.63, 3.8) is 0 Å². The lowest BCUT2D eigenvalue weighted by molar-refractivity contribution is -0.0376. The van der Waals surface area contributed by atoms with E-state index in [1.165, 1.54) is 0 Å². The van der Waals surface area contributed by atoms with Gasteiger partial charge in [-0.15, -0.1) is 0 Å². The smallest absolute Gasteiger partial charge is 0.393 e. The van der Waals surface area contributed by atoms with Crippen LogP contribution in [0, 0.1) is 0 Å². The van der Waals surface area contributed by atoms with Crippen LogP contribution in [0.3, 0.4) is 0 Å². The standard InChI is InChI=1S/C11H30O14Si9/c1-26(2,11-10-12-11)13-34-23-31(7)17-28(4)14-27(3)15-29(5,19-31)21-33(9,25-34)22-30(6,16-27)20-32(8,18-28)24-34/h11H,10H2,1-9H3. The van der Waals surface area contributed by atoms with Crippen molar-refractivity contribution in [2.75, 3.05) is 6.61 Å². The highest BCUT2D eigenvalue weighted by Crippen LogP contribution is 2.48. The second-order valence-corrected chi connectivity index (χ2v) is 37.8. The zero-order chi connectivity index (χ0) is 24.7. The van der Waals surface area contributed by atoms with Crippen LogP contribution < -0.4 is 0 Å². The molecule has 0 radical (unpaired) electrons. The highest BCUT2D eigenvalue weighted by Gasteiger charge is 2.80. The Labute approximate surface area is 208 Å². The molecule has 7 aliphatic rings. The van der Waals surface area contributed by atoms with E-state index < -0.39 is 79.0 Å². The van der Waals surface area contributed by atoms with Crippen LogP contribution in [-0.2, 0) is 58.2 Å². The molecule has 23 heteroatoms. The molecule has 7 rings (SSSR count). The highest BCUT2D eigenvalue weighted by atomic mass is 28.6. The Morgan fingerprint density at radius 1 is 0.500 bits per heavy atom. The summed E-state index contributed by atoms with van der Waals surface area (Å²) in [6.07, 6.45) is 0. The van der Waals surface area contributed by atoms with E-state index in [4.69, 9.17) is 58.2 Å². The zero-order valence-corrected chi connectivity index (χ0v) is 29.5. The summed E-state index contributed by atoms with van der Waals surface area (Å²) in [5, 5.41) is 0. The van der Waals surface area contributed by atoms with Crippen molar-refractivity contribution in [3.8, 4) is 0 Å². The van der Waals surface area contributed by atoms with Gasteiger partial charge in [-0.3, -0.25) is 0 Å². The summed E-state index contributed by atoms with van der Waals surface area (Å²) >= 11 is 0. The van der Waals surface area contributed by atoms with Crippen LogP contribution in [0.4, 0.5) is 0 Å². The van der Waals surface area contributed by atoms with Crippen LogP contribution in [0.5, 0.6) is 0 Å². The summed E-state index contributed by atoms with van der Waals surface area (Å²) in [5.74, 6) is 0. The normalized spacial score (nSPS) is 60.8. The van der Waals surface area contributed by atoms with Crippen molar-refractivity contribution in [1.29, 1.82) is 0 Å². The fraction of sp³-hybridized carbons (Fsp3) is 1.00. The van der Waals surface area contributed by atoms with Gasteiger partial charge in [0.2, 0.25) is 8.32 Å². The largest absolute Gasteiger partial charge is 0.646 e. The van der Waals surface area contributed by atoms with Gasteiger partial charge in [-0.2, -0.15) is 0 Å². The average molecular weight is 639 g/mol. The summed E-state index contributed by atoms with van der Waals surface area (Å²) in [5.41, 5.74) is -0.0262. The maximum absolute atomic E-state index is 6.70. The van der Waals surface area contributed by atoms with Crippen LogP contribution in [0.1, 0.15) is 0 Å². The van der Waals surface area contributed by atoms with Crippen LogP contribution in [0.15, 0.2) is 0 Å². The molecule has 194 valence electrons. The Balaban J connectivity index is 1.57. The molecule has 0 aromatic carbocycles. The molecule has 0 spiro atoms. The van der Waals surface area contributed by atoms with E-state index in [2.05, 4.69) is 0 Å². The van der Waals surface area contributed by atoms with Crippen molar-refractivity contribution in [3.05, 3.63) is 0 Å². The predicted octanol–water partition coefficient (Wildman–Crippen LogP) is 0.830. The third-order valence-electron chi connectivity index (χ3n) is 5.77. The fourth-order valence-corrected chi connectivity index (χ4v) is 53.4. The van der Waals surface area contributed by atoms with Crippen molar-refractivity contribution in [2.24, 2.45) is 0 Å². The van der Waals surface area contributed by atoms with E-state index in [1.54, 1.807) is 45.8 Å². The van der Waals surface area contributed by atoms with Gasteiger partial charge in [0.05, 0.1) is 12.3 Å². The molecule has 1 unspecified atom stereocenters. The molecule has 7 saturated heterocycles. The maximum Gasteiger partial charge on any atom is 0.646 e. The van der Waals surface area contributed by atoms with Gasteiger partial charge in [-0.1, -0.05) is 0 Å². The average Bonchev–Trinajstić information content (AvgIpc) is 3.27. The van der Waals surface area contributed by atoms with Gasteiger partial charge < -0.3 is 58.2 Å². The minimum Gasteiger partial charge on any atom is -0.393 e. The maximum atomic E-state index is 6.70. The van der Waals surface area contributed by atoms with Gasteiger partial charge in [0.15, 0.2) is 0 Å². The van der Waals surface area contributed by atoms with E-state index in [1.807, 2.05) is 13.1 Å². The van der Waals surface area contributed by atoms with E-state index in [0.717, 1.165) is 0 Å². The van der Waals surface area contributed by atoms with Gasteiger partial charge in [-0.05, 0) is 13.1 Å². The van der Waals surface area contributed by atoms with Gasteiger partial charge in [0.25, 0.3) is 0 Å². The Kier molecular flexibility index (Phi) is 5.37. The van der Waals surface area contributed by atoms with Crippen molar-refractivity contribution in [2.45, 2.75) is 64.7 Å². The molecular weight excluding hydrogens is 609 g/mol. The van der Waals surface area contributed by atoms with E-state index in [-0.39, 0.29) is 5.73 Å². The van der Waals surface area contributed by atoms with Crippen LogP contribution in [0.2, 0.25) is 58.9 Å². The van der Waals surface area contributed by atoms with E-state index in [0.29, 0.717) is 6.61 Å². The Bertz CT molecular complexity index is 808. The van der Waals surface area contributed by atoms with Crippen LogP contribution in [-0.4, -0.2) is 91.3 Å². The number of rotatable bonds is 3. The zero-order valence-electron chi connectivity index (χ0n) is 20.5. The first-order valence-corrected chi connectivity index (χ1v) is 31.2. The molecular formula is C11H30O14Si9. The molecule has 0 aromatic heterocycles. The molecule has 8 bridgehead atoms. The lowest BCUT2D eigenvalue weighted by atomic mass is 11.0. The number of epoxide rings is 1. The first-order chi connectivity index (χ1) is 15.3. The Hall–Kier alpha value is 1.39. The lowest BCUT2D eigenvalue weighted by Crippen LogP contribution is -2.87. The minimum atomic E-state index is -4.12. The summed E-state index contributed by atoms with van der Waals surface area (Å²) in [6.45, 7) is 16.8. The molecule has 0 N–H and O–H groups in total. The van der Waals surface area contributed by atoms with E-state index >= 15 is 0 Å². The first kappa shape index (κ1) is 25.7. The van der Waals surface area contributed by atoms with Gasteiger partial charge >= 0.3 is 70.7 Å². The summed E-state index contributed by atoms with van der Waals surface area (Å²) in [7, 11) is -31.7. The van der Waals surface area contributed by atoms with Gasteiger partial charge in [0, 0.05) is 45.8 Å². The molecule has 0 saturated carbocycles. The highest BCUT2D eigenvalue weighted by molar-refractivity contribution is 7.02. The first-order valence-electron chi connectivity index (χ1n) is 11.0. The lowest BCUT2D eigenvalue weighted by Gasteiger charge is -2.60. The predicted molar refractivity (Wildman–Crippen MR) is 128 cm³/mol. The quantitative estimate of drug-likeness (QED) is 0.319. The Morgan fingerprint density at radius 2 is 0.735 bits per heavy atom. The van der Waals surface area contributed by atoms with Crippen molar-refractivity contribution < 1.29 is 58.2 Å². The van der Waals surface area contributed by atoms with Crippen molar-refractivity contribution >= 4 is 79.0 Å².